The van der Waals surface area contributed by atoms with Gasteiger partial charge in [-0.3, -0.25) is 14.9 Å². The Bertz CT molecular complexity index is 899. The number of nitro benzene ring substituents is 1. The topological polar surface area (TPSA) is 69.9 Å². The van der Waals surface area contributed by atoms with Crippen LogP contribution in [0.1, 0.15) is 28.8 Å². The minimum atomic E-state index is -0.296. The largest absolute Gasteiger partial charge is 0.368 e. The smallest absolute Gasteiger partial charge is 0.292 e. The molecular weight excluding hydrogens is 368 g/mol. The van der Waals surface area contributed by atoms with Crippen molar-refractivity contribution in [1.29, 1.82) is 0 Å². The molecule has 0 bridgehead atoms. The van der Waals surface area contributed by atoms with Crippen LogP contribution < -0.4 is 9.80 Å². The van der Waals surface area contributed by atoms with Gasteiger partial charge in [-0.15, -0.1) is 0 Å². The lowest BCUT2D eigenvalue weighted by atomic mass is 10.1. The van der Waals surface area contributed by atoms with E-state index >= 15 is 0 Å². The lowest BCUT2D eigenvalue weighted by Crippen LogP contribution is -2.48. The van der Waals surface area contributed by atoms with Crippen molar-refractivity contribution in [2.45, 2.75) is 19.8 Å². The van der Waals surface area contributed by atoms with Crippen molar-refractivity contribution < 1.29 is 9.72 Å². The van der Waals surface area contributed by atoms with Crippen LogP contribution in [0.25, 0.3) is 0 Å². The Morgan fingerprint density at radius 2 is 1.55 bits per heavy atom. The minimum absolute atomic E-state index is 0.0612. The molecule has 0 radical (unpaired) electrons. The van der Waals surface area contributed by atoms with Gasteiger partial charge in [0.15, 0.2) is 0 Å². The van der Waals surface area contributed by atoms with Crippen LogP contribution in [-0.4, -0.2) is 55.0 Å². The Hall–Kier alpha value is -3.09. The van der Waals surface area contributed by atoms with Crippen molar-refractivity contribution in [3.63, 3.8) is 0 Å². The fraction of sp³-hybridized carbons (Fsp3) is 0.409. The number of nitro groups is 1. The van der Waals surface area contributed by atoms with Gasteiger partial charge in [0.1, 0.15) is 5.69 Å². The zero-order chi connectivity index (χ0) is 20.4. The molecule has 0 N–H and O–H groups in total. The molecule has 0 atom stereocenters. The first-order valence-electron chi connectivity index (χ1n) is 10.2. The van der Waals surface area contributed by atoms with Crippen molar-refractivity contribution in [1.82, 2.24) is 4.90 Å². The monoisotopic (exact) mass is 394 g/mol. The maximum atomic E-state index is 12.7. The maximum absolute atomic E-state index is 12.7. The van der Waals surface area contributed by atoms with Crippen LogP contribution in [-0.2, 0) is 0 Å². The third kappa shape index (κ3) is 4.04. The highest BCUT2D eigenvalue weighted by atomic mass is 16.6. The number of piperazine rings is 1. The second-order valence-corrected chi connectivity index (χ2v) is 7.77. The highest BCUT2D eigenvalue weighted by molar-refractivity contribution is 5.94. The molecule has 7 nitrogen and oxygen atoms in total. The number of anilines is 2. The van der Waals surface area contributed by atoms with Crippen LogP contribution in [0, 0.1) is 17.0 Å². The summed E-state index contributed by atoms with van der Waals surface area (Å²) in [6.45, 7) is 6.45. The molecule has 7 heteroatoms. The third-order valence-corrected chi connectivity index (χ3v) is 5.83. The van der Waals surface area contributed by atoms with Crippen molar-refractivity contribution >= 4 is 23.0 Å². The van der Waals surface area contributed by atoms with Crippen molar-refractivity contribution in [2.75, 3.05) is 49.1 Å². The van der Waals surface area contributed by atoms with Gasteiger partial charge in [-0.05, 0) is 44.0 Å². The maximum Gasteiger partial charge on any atom is 0.292 e. The highest BCUT2D eigenvalue weighted by Crippen LogP contribution is 2.34. The molecule has 29 heavy (non-hydrogen) atoms. The Balaban J connectivity index is 1.46. The quantitative estimate of drug-likeness (QED) is 0.587. The molecule has 0 saturated carbocycles. The molecule has 2 heterocycles. The summed E-state index contributed by atoms with van der Waals surface area (Å²) in [7, 11) is 0. The molecule has 0 aliphatic carbocycles. The van der Waals surface area contributed by atoms with Crippen LogP contribution in [0.4, 0.5) is 17.1 Å². The number of rotatable bonds is 4. The molecule has 2 fully saturated rings. The molecule has 2 saturated heterocycles. The van der Waals surface area contributed by atoms with E-state index in [1.807, 2.05) is 48.2 Å². The first-order valence-corrected chi connectivity index (χ1v) is 10.2. The zero-order valence-electron chi connectivity index (χ0n) is 16.7. The molecule has 2 aromatic carbocycles. The molecule has 0 aromatic heterocycles. The Kier molecular flexibility index (Phi) is 5.38. The van der Waals surface area contributed by atoms with Gasteiger partial charge in [0, 0.05) is 56.6 Å². The molecule has 4 rings (SSSR count). The summed E-state index contributed by atoms with van der Waals surface area (Å²) < 4.78 is 0. The number of amides is 1. The van der Waals surface area contributed by atoms with Gasteiger partial charge in [-0.2, -0.15) is 0 Å². The molecule has 2 aromatic rings. The minimum Gasteiger partial charge on any atom is -0.368 e. The van der Waals surface area contributed by atoms with Crippen LogP contribution in [0.15, 0.2) is 42.5 Å². The summed E-state index contributed by atoms with van der Waals surface area (Å²) in [5.41, 5.74) is 3.72. The summed E-state index contributed by atoms with van der Waals surface area (Å²) in [6, 6.07) is 13.1. The molecule has 0 spiro atoms. The van der Waals surface area contributed by atoms with Gasteiger partial charge in [0.25, 0.3) is 11.6 Å². The Morgan fingerprint density at radius 3 is 2.17 bits per heavy atom. The van der Waals surface area contributed by atoms with E-state index in [2.05, 4.69) is 9.80 Å². The van der Waals surface area contributed by atoms with Crippen LogP contribution in [0.2, 0.25) is 0 Å². The number of benzene rings is 2. The van der Waals surface area contributed by atoms with E-state index in [9.17, 15) is 14.9 Å². The van der Waals surface area contributed by atoms with E-state index < -0.39 is 0 Å². The fourth-order valence-electron chi connectivity index (χ4n) is 4.12. The van der Waals surface area contributed by atoms with E-state index in [1.54, 1.807) is 6.07 Å². The van der Waals surface area contributed by atoms with Crippen molar-refractivity contribution in [2.24, 2.45) is 0 Å². The van der Waals surface area contributed by atoms with Crippen LogP contribution >= 0.6 is 0 Å². The van der Waals surface area contributed by atoms with Crippen LogP contribution in [0.3, 0.4) is 0 Å². The average molecular weight is 394 g/mol. The standard InChI is InChI=1S/C22H26N4O3/c1-17-4-6-18(7-5-17)22(27)25-14-12-23(13-15-25)19-8-9-20(26(28)29)21(16-19)24-10-2-3-11-24/h4-9,16H,2-3,10-15H2,1H3. The van der Waals surface area contributed by atoms with E-state index in [4.69, 9.17) is 0 Å². The molecule has 152 valence electrons. The van der Waals surface area contributed by atoms with Gasteiger partial charge in [-0.1, -0.05) is 17.7 Å². The van der Waals surface area contributed by atoms with Crippen molar-refractivity contribution in [3.8, 4) is 0 Å². The zero-order valence-corrected chi connectivity index (χ0v) is 16.7. The number of hydrogen-bond donors (Lipinski definition) is 0. The first kappa shape index (κ1) is 19.2. The van der Waals surface area contributed by atoms with Crippen LogP contribution in [0.5, 0.6) is 0 Å². The normalized spacial score (nSPS) is 16.9. The van der Waals surface area contributed by atoms with E-state index in [-0.39, 0.29) is 16.5 Å². The van der Waals surface area contributed by atoms with Gasteiger partial charge in [0.05, 0.1) is 4.92 Å². The summed E-state index contributed by atoms with van der Waals surface area (Å²) in [5.74, 6) is 0.0612. The van der Waals surface area contributed by atoms with E-state index in [0.29, 0.717) is 18.8 Å². The second kappa shape index (κ2) is 8.11. The molecular formula is C22H26N4O3. The SMILES string of the molecule is Cc1ccc(C(=O)N2CCN(c3ccc([N+](=O)[O-])c(N4CCCC4)c3)CC2)cc1. The lowest BCUT2D eigenvalue weighted by molar-refractivity contribution is -0.384. The summed E-state index contributed by atoms with van der Waals surface area (Å²) in [5, 5.41) is 11.5. The molecule has 0 unspecified atom stereocenters. The summed E-state index contributed by atoms with van der Waals surface area (Å²) in [6.07, 6.45) is 2.14. The highest BCUT2D eigenvalue weighted by Gasteiger charge is 2.26. The third-order valence-electron chi connectivity index (χ3n) is 5.83. The average Bonchev–Trinajstić information content (AvgIpc) is 3.28. The molecule has 1 amide bonds. The van der Waals surface area contributed by atoms with Gasteiger partial charge >= 0.3 is 0 Å². The predicted octanol–water partition coefficient (Wildman–Crippen LogP) is 3.47. The first-order chi connectivity index (χ1) is 14.0. The van der Waals surface area contributed by atoms with Gasteiger partial charge in [-0.25, -0.2) is 0 Å². The number of hydrogen-bond acceptors (Lipinski definition) is 5. The molecule has 2 aliphatic heterocycles. The van der Waals surface area contributed by atoms with E-state index in [1.165, 1.54) is 0 Å². The number of aryl methyl sites for hydroxylation is 1. The summed E-state index contributed by atoms with van der Waals surface area (Å²) in [4.78, 5) is 30.1. The van der Waals surface area contributed by atoms with Crippen molar-refractivity contribution in [3.05, 3.63) is 63.7 Å². The molecule has 2 aliphatic rings. The predicted molar refractivity (Wildman–Crippen MR) is 114 cm³/mol. The van der Waals surface area contributed by atoms with E-state index in [0.717, 1.165) is 55.8 Å². The summed E-state index contributed by atoms with van der Waals surface area (Å²) >= 11 is 0. The fourth-order valence-corrected chi connectivity index (χ4v) is 4.12. The Morgan fingerprint density at radius 1 is 0.897 bits per heavy atom. The number of nitrogens with zero attached hydrogens (tertiary/aromatic N) is 4. The van der Waals surface area contributed by atoms with Gasteiger partial charge < -0.3 is 14.7 Å². The number of carbonyl (C=O) groups is 1. The Labute approximate surface area is 170 Å². The number of carbonyl (C=O) groups excluding carboxylic acids is 1. The lowest BCUT2D eigenvalue weighted by Gasteiger charge is -2.36. The van der Waals surface area contributed by atoms with Gasteiger partial charge in [0.2, 0.25) is 0 Å². The second-order valence-electron chi connectivity index (χ2n) is 7.77.